The highest BCUT2D eigenvalue weighted by atomic mass is 15.0. The van der Waals surface area contributed by atoms with Crippen LogP contribution in [0.15, 0.2) is 6.33 Å². The molecular formula is C13H20N6. The SMILES string of the molecule is Nc1ncnc2nc(CCCC3CCCNC3)[nH]c12. The molecule has 0 spiro atoms. The minimum atomic E-state index is 0.472. The van der Waals surface area contributed by atoms with Crippen LogP contribution < -0.4 is 11.1 Å². The van der Waals surface area contributed by atoms with Gasteiger partial charge in [-0.2, -0.15) is 0 Å². The van der Waals surface area contributed by atoms with E-state index in [1.54, 1.807) is 0 Å². The lowest BCUT2D eigenvalue weighted by Crippen LogP contribution is -2.29. The van der Waals surface area contributed by atoms with Crippen molar-refractivity contribution in [2.75, 3.05) is 18.8 Å². The quantitative estimate of drug-likeness (QED) is 0.769. The first-order valence-electron chi connectivity index (χ1n) is 6.98. The van der Waals surface area contributed by atoms with Crippen LogP contribution in [-0.4, -0.2) is 33.0 Å². The van der Waals surface area contributed by atoms with Gasteiger partial charge in [-0.15, -0.1) is 0 Å². The number of hydrogen-bond donors (Lipinski definition) is 3. The number of H-pyrrole nitrogens is 1. The van der Waals surface area contributed by atoms with Crippen LogP contribution in [0.1, 0.15) is 31.5 Å². The highest BCUT2D eigenvalue weighted by Crippen LogP contribution is 2.18. The van der Waals surface area contributed by atoms with Crippen molar-refractivity contribution < 1.29 is 0 Å². The molecule has 1 aliphatic rings. The predicted octanol–water partition coefficient (Wildman–Crippen LogP) is 1.26. The fourth-order valence-electron chi connectivity index (χ4n) is 2.74. The molecule has 19 heavy (non-hydrogen) atoms. The number of nitrogens with zero attached hydrogens (tertiary/aromatic N) is 3. The standard InChI is InChI=1S/C13H20N6/c14-12-11-13(17-8-16-12)19-10(18-11)5-1-3-9-4-2-6-15-7-9/h8-9,15H,1-7H2,(H3,14,16,17,18,19). The molecular weight excluding hydrogens is 240 g/mol. The summed E-state index contributed by atoms with van der Waals surface area (Å²) in [6.07, 6.45) is 7.47. The Morgan fingerprint density at radius 3 is 3.11 bits per heavy atom. The summed E-state index contributed by atoms with van der Waals surface area (Å²) in [4.78, 5) is 15.8. The minimum absolute atomic E-state index is 0.472. The molecule has 102 valence electrons. The Morgan fingerprint density at radius 2 is 2.32 bits per heavy atom. The molecule has 4 N–H and O–H groups in total. The van der Waals surface area contributed by atoms with E-state index in [2.05, 4.69) is 25.3 Å². The van der Waals surface area contributed by atoms with Gasteiger partial charge in [0.2, 0.25) is 0 Å². The molecule has 1 saturated heterocycles. The topological polar surface area (TPSA) is 92.5 Å². The summed E-state index contributed by atoms with van der Waals surface area (Å²) < 4.78 is 0. The van der Waals surface area contributed by atoms with Crippen molar-refractivity contribution in [1.82, 2.24) is 25.3 Å². The van der Waals surface area contributed by atoms with Crippen LogP contribution in [0, 0.1) is 5.92 Å². The number of aryl methyl sites for hydroxylation is 1. The molecule has 0 aliphatic carbocycles. The summed E-state index contributed by atoms with van der Waals surface area (Å²) in [6.45, 7) is 2.34. The van der Waals surface area contributed by atoms with Crippen molar-refractivity contribution in [2.45, 2.75) is 32.1 Å². The van der Waals surface area contributed by atoms with Crippen molar-refractivity contribution in [3.05, 3.63) is 12.2 Å². The molecule has 0 amide bonds. The van der Waals surface area contributed by atoms with Crippen LogP contribution in [0.5, 0.6) is 0 Å². The van der Waals surface area contributed by atoms with Crippen molar-refractivity contribution in [2.24, 2.45) is 5.92 Å². The van der Waals surface area contributed by atoms with Gasteiger partial charge in [-0.3, -0.25) is 0 Å². The predicted molar refractivity (Wildman–Crippen MR) is 74.6 cm³/mol. The van der Waals surface area contributed by atoms with E-state index in [0.717, 1.165) is 30.1 Å². The molecule has 1 fully saturated rings. The molecule has 0 aromatic carbocycles. The van der Waals surface area contributed by atoms with E-state index in [-0.39, 0.29) is 0 Å². The molecule has 0 saturated carbocycles. The number of hydrogen-bond acceptors (Lipinski definition) is 5. The fraction of sp³-hybridized carbons (Fsp3) is 0.615. The molecule has 6 heteroatoms. The number of imidazole rings is 1. The molecule has 6 nitrogen and oxygen atoms in total. The average molecular weight is 260 g/mol. The normalized spacial score (nSPS) is 19.9. The number of nitrogens with one attached hydrogen (secondary N) is 2. The van der Waals surface area contributed by atoms with E-state index < -0.39 is 0 Å². The van der Waals surface area contributed by atoms with Crippen molar-refractivity contribution in [3.63, 3.8) is 0 Å². The number of nitrogens with two attached hydrogens (primary N) is 1. The van der Waals surface area contributed by atoms with E-state index in [9.17, 15) is 0 Å². The lowest BCUT2D eigenvalue weighted by Gasteiger charge is -2.22. The van der Waals surface area contributed by atoms with Crippen molar-refractivity contribution in [3.8, 4) is 0 Å². The number of aromatic amines is 1. The highest BCUT2D eigenvalue weighted by Gasteiger charge is 2.13. The summed E-state index contributed by atoms with van der Waals surface area (Å²) in [6, 6.07) is 0. The smallest absolute Gasteiger partial charge is 0.183 e. The zero-order valence-electron chi connectivity index (χ0n) is 11.0. The second-order valence-electron chi connectivity index (χ2n) is 5.25. The van der Waals surface area contributed by atoms with Gasteiger partial charge >= 0.3 is 0 Å². The second-order valence-corrected chi connectivity index (χ2v) is 5.25. The maximum absolute atomic E-state index is 5.78. The Morgan fingerprint density at radius 1 is 1.37 bits per heavy atom. The van der Waals surface area contributed by atoms with Gasteiger partial charge in [-0.05, 0) is 44.7 Å². The first-order valence-corrected chi connectivity index (χ1v) is 6.98. The zero-order valence-corrected chi connectivity index (χ0v) is 11.0. The van der Waals surface area contributed by atoms with Crippen LogP contribution in [0.4, 0.5) is 5.82 Å². The summed E-state index contributed by atoms with van der Waals surface area (Å²) >= 11 is 0. The molecule has 3 heterocycles. The number of piperidine rings is 1. The third-order valence-corrected chi connectivity index (χ3v) is 3.79. The Balaban J connectivity index is 1.57. The maximum atomic E-state index is 5.78. The van der Waals surface area contributed by atoms with Crippen LogP contribution in [0.2, 0.25) is 0 Å². The Labute approximate surface area is 112 Å². The van der Waals surface area contributed by atoms with E-state index in [1.165, 1.54) is 38.7 Å². The molecule has 1 atom stereocenters. The second kappa shape index (κ2) is 5.52. The lowest BCUT2D eigenvalue weighted by molar-refractivity contribution is 0.350. The van der Waals surface area contributed by atoms with Crippen LogP contribution in [-0.2, 0) is 6.42 Å². The molecule has 1 aliphatic heterocycles. The van der Waals surface area contributed by atoms with Gasteiger partial charge in [0.05, 0.1) is 0 Å². The first kappa shape index (κ1) is 12.3. The van der Waals surface area contributed by atoms with E-state index >= 15 is 0 Å². The van der Waals surface area contributed by atoms with Crippen molar-refractivity contribution >= 4 is 17.0 Å². The molecule has 2 aromatic heterocycles. The molecule has 0 radical (unpaired) electrons. The van der Waals surface area contributed by atoms with Gasteiger partial charge in [-0.1, -0.05) is 0 Å². The Kier molecular flexibility index (Phi) is 3.59. The number of aromatic nitrogens is 4. The highest BCUT2D eigenvalue weighted by molar-refractivity contribution is 5.80. The fourth-order valence-corrected chi connectivity index (χ4v) is 2.74. The van der Waals surface area contributed by atoms with Gasteiger partial charge in [0, 0.05) is 6.42 Å². The van der Waals surface area contributed by atoms with E-state index in [1.807, 2.05) is 0 Å². The summed E-state index contributed by atoms with van der Waals surface area (Å²) in [5, 5.41) is 3.45. The van der Waals surface area contributed by atoms with Gasteiger partial charge in [-0.25, -0.2) is 15.0 Å². The third-order valence-electron chi connectivity index (χ3n) is 3.79. The largest absolute Gasteiger partial charge is 0.382 e. The molecule has 1 unspecified atom stereocenters. The molecule has 0 bridgehead atoms. The van der Waals surface area contributed by atoms with Gasteiger partial charge in [0.1, 0.15) is 17.7 Å². The lowest BCUT2D eigenvalue weighted by atomic mass is 9.94. The molecule has 3 rings (SSSR count). The number of fused-ring (bicyclic) bond motifs is 1. The monoisotopic (exact) mass is 260 g/mol. The minimum Gasteiger partial charge on any atom is -0.382 e. The summed E-state index contributed by atoms with van der Waals surface area (Å²) in [7, 11) is 0. The van der Waals surface area contributed by atoms with E-state index in [4.69, 9.17) is 5.73 Å². The Bertz CT molecular complexity index is 543. The zero-order chi connectivity index (χ0) is 13.1. The summed E-state index contributed by atoms with van der Waals surface area (Å²) in [5.74, 6) is 2.26. The van der Waals surface area contributed by atoms with Crippen LogP contribution in [0.3, 0.4) is 0 Å². The first-order chi connectivity index (χ1) is 9.33. The molecule has 2 aromatic rings. The third kappa shape index (κ3) is 2.84. The van der Waals surface area contributed by atoms with Gasteiger partial charge in [0.25, 0.3) is 0 Å². The number of anilines is 1. The Hall–Kier alpha value is -1.69. The van der Waals surface area contributed by atoms with Crippen LogP contribution in [0.25, 0.3) is 11.2 Å². The van der Waals surface area contributed by atoms with Crippen molar-refractivity contribution in [1.29, 1.82) is 0 Å². The van der Waals surface area contributed by atoms with E-state index in [0.29, 0.717) is 11.5 Å². The number of rotatable bonds is 4. The maximum Gasteiger partial charge on any atom is 0.183 e. The summed E-state index contributed by atoms with van der Waals surface area (Å²) in [5.41, 5.74) is 7.21. The van der Waals surface area contributed by atoms with Gasteiger partial charge < -0.3 is 16.0 Å². The average Bonchev–Trinajstić information content (AvgIpc) is 2.84. The number of nitrogen functional groups attached to an aromatic ring is 1. The van der Waals surface area contributed by atoms with Crippen LogP contribution >= 0.6 is 0 Å². The van der Waals surface area contributed by atoms with Gasteiger partial charge in [0.15, 0.2) is 11.5 Å².